The fourth-order valence-electron chi connectivity index (χ4n) is 0.670. The second kappa shape index (κ2) is 5.10. The molecule has 1 nitrogen and oxygen atoms in total. The summed E-state index contributed by atoms with van der Waals surface area (Å²) in [5.41, 5.74) is 5.66. The van der Waals surface area contributed by atoms with Crippen LogP contribution in [0, 0.1) is 0 Å². The third kappa shape index (κ3) is 4.13. The van der Waals surface area contributed by atoms with Crippen LogP contribution in [0.15, 0.2) is 0 Å². The molecule has 0 aromatic carbocycles. The molecule has 0 spiro atoms. The number of nitrogens with two attached hydrogens (primary N) is 1. The molecule has 0 unspecified atom stereocenters. The molecule has 0 aromatic rings. The summed E-state index contributed by atoms with van der Waals surface area (Å²) < 4.78 is 0. The molecule has 0 fully saturated rings. The van der Waals surface area contributed by atoms with Crippen LogP contribution in [-0.4, -0.2) is 6.04 Å². The third-order valence-corrected chi connectivity index (χ3v) is 1.45. The van der Waals surface area contributed by atoms with Crippen LogP contribution in [0.2, 0.25) is 0 Å². The molecular weight excluding hydrogens is 98.1 g/mol. The van der Waals surface area contributed by atoms with Crippen molar-refractivity contribution in [1.29, 1.82) is 0 Å². The van der Waals surface area contributed by atoms with Gasteiger partial charge in [0.1, 0.15) is 0 Å². The lowest BCUT2D eigenvalue weighted by atomic mass is 10.1. The maximum absolute atomic E-state index is 5.66. The predicted molar refractivity (Wildman–Crippen MR) is 37.8 cm³/mol. The molecule has 1 atom stereocenters. The van der Waals surface area contributed by atoms with Crippen LogP contribution < -0.4 is 5.73 Å². The average Bonchev–Trinajstić information content (AvgIpc) is 1.83. The van der Waals surface area contributed by atoms with Gasteiger partial charge in [-0.15, -0.1) is 0 Å². The zero-order valence-electron chi connectivity index (χ0n) is 5.98. The van der Waals surface area contributed by atoms with Crippen molar-refractivity contribution in [2.75, 3.05) is 0 Å². The molecule has 0 amide bonds. The van der Waals surface area contributed by atoms with E-state index in [1.165, 1.54) is 19.3 Å². The molecule has 0 bridgehead atoms. The van der Waals surface area contributed by atoms with Gasteiger partial charge in [0, 0.05) is 6.04 Å². The Bertz CT molecular complexity index is 43.7. The molecule has 8 heavy (non-hydrogen) atoms. The third-order valence-electron chi connectivity index (χ3n) is 1.45. The molecule has 0 saturated carbocycles. The molecule has 0 aliphatic rings. The van der Waals surface area contributed by atoms with E-state index in [0.717, 1.165) is 6.42 Å². The minimum atomic E-state index is 0.454. The van der Waals surface area contributed by atoms with Gasteiger partial charge in [-0.2, -0.15) is 0 Å². The minimum absolute atomic E-state index is 0.454. The van der Waals surface area contributed by atoms with Gasteiger partial charge in [-0.1, -0.05) is 26.7 Å². The highest BCUT2D eigenvalue weighted by Crippen LogP contribution is 1.99. The molecule has 0 aliphatic carbocycles. The topological polar surface area (TPSA) is 26.0 Å². The zero-order valence-corrected chi connectivity index (χ0v) is 5.98. The van der Waals surface area contributed by atoms with Crippen LogP contribution in [0.5, 0.6) is 0 Å². The Labute approximate surface area is 52.3 Å². The van der Waals surface area contributed by atoms with Crippen LogP contribution in [0.25, 0.3) is 0 Å². The van der Waals surface area contributed by atoms with Gasteiger partial charge in [-0.05, 0) is 12.8 Å². The first-order valence-corrected chi connectivity index (χ1v) is 3.56. The number of hydrogen-bond donors (Lipinski definition) is 1. The first kappa shape index (κ1) is 7.96. The summed E-state index contributed by atoms with van der Waals surface area (Å²) in [7, 11) is 0. The lowest BCUT2D eigenvalue weighted by Crippen LogP contribution is -2.17. The number of hydrogen-bond acceptors (Lipinski definition) is 1. The Hall–Kier alpha value is -0.0400. The fourth-order valence-corrected chi connectivity index (χ4v) is 0.670. The van der Waals surface area contributed by atoms with Crippen molar-refractivity contribution >= 4 is 0 Å². The van der Waals surface area contributed by atoms with Crippen LogP contribution in [0.4, 0.5) is 0 Å². The maximum Gasteiger partial charge on any atom is 0.00362 e. The Morgan fingerprint density at radius 1 is 1.38 bits per heavy atom. The van der Waals surface area contributed by atoms with Gasteiger partial charge in [-0.25, -0.2) is 0 Å². The van der Waals surface area contributed by atoms with E-state index in [2.05, 4.69) is 13.8 Å². The number of rotatable bonds is 4. The quantitative estimate of drug-likeness (QED) is 0.595. The predicted octanol–water partition coefficient (Wildman–Crippen LogP) is 1.91. The highest BCUT2D eigenvalue weighted by atomic mass is 14.6. The minimum Gasteiger partial charge on any atom is -0.328 e. The van der Waals surface area contributed by atoms with Gasteiger partial charge < -0.3 is 5.73 Å². The first-order chi connectivity index (χ1) is 3.81. The molecular formula is C7H17N. The van der Waals surface area contributed by atoms with Crippen molar-refractivity contribution in [2.24, 2.45) is 5.73 Å². The molecule has 0 heterocycles. The fraction of sp³-hybridized carbons (Fsp3) is 1.00. The summed E-state index contributed by atoms with van der Waals surface area (Å²) in [5.74, 6) is 0. The van der Waals surface area contributed by atoms with E-state index in [0.29, 0.717) is 6.04 Å². The molecule has 50 valence electrons. The van der Waals surface area contributed by atoms with E-state index in [1.54, 1.807) is 0 Å². The van der Waals surface area contributed by atoms with Gasteiger partial charge in [0.15, 0.2) is 0 Å². The Morgan fingerprint density at radius 3 is 2.38 bits per heavy atom. The van der Waals surface area contributed by atoms with E-state index < -0.39 is 0 Å². The van der Waals surface area contributed by atoms with Crippen molar-refractivity contribution in [3.63, 3.8) is 0 Å². The smallest absolute Gasteiger partial charge is 0.00362 e. The van der Waals surface area contributed by atoms with Gasteiger partial charge in [0.05, 0.1) is 0 Å². The van der Waals surface area contributed by atoms with E-state index in [-0.39, 0.29) is 0 Å². The van der Waals surface area contributed by atoms with Gasteiger partial charge >= 0.3 is 0 Å². The summed E-state index contributed by atoms with van der Waals surface area (Å²) in [6, 6.07) is 0.454. The van der Waals surface area contributed by atoms with Crippen molar-refractivity contribution < 1.29 is 0 Å². The largest absolute Gasteiger partial charge is 0.328 e. The summed E-state index contributed by atoms with van der Waals surface area (Å²) >= 11 is 0. The van der Waals surface area contributed by atoms with Crippen LogP contribution in [0.3, 0.4) is 0 Å². The van der Waals surface area contributed by atoms with Crippen molar-refractivity contribution in [3.05, 3.63) is 0 Å². The number of unbranched alkanes of at least 4 members (excludes halogenated alkanes) is 1. The standard InChI is InChI=1S/C7H17N/c1-3-5-6-7(8)4-2/h7H,3-6,8H2,1-2H3/t7-/m0/s1. The van der Waals surface area contributed by atoms with Crippen molar-refractivity contribution in [3.8, 4) is 0 Å². The zero-order chi connectivity index (χ0) is 6.41. The Kier molecular flexibility index (Phi) is 5.08. The van der Waals surface area contributed by atoms with Crippen molar-refractivity contribution in [2.45, 2.75) is 45.6 Å². The molecule has 1 heteroatoms. The van der Waals surface area contributed by atoms with E-state index in [9.17, 15) is 0 Å². The molecule has 0 rings (SSSR count). The second-order valence-corrected chi connectivity index (χ2v) is 2.31. The van der Waals surface area contributed by atoms with E-state index in [1.807, 2.05) is 0 Å². The lowest BCUT2D eigenvalue weighted by Gasteiger charge is -2.04. The Balaban J connectivity index is 2.86. The van der Waals surface area contributed by atoms with E-state index >= 15 is 0 Å². The highest BCUT2D eigenvalue weighted by Gasteiger charge is 1.94. The first-order valence-electron chi connectivity index (χ1n) is 3.56. The Morgan fingerprint density at radius 2 is 2.00 bits per heavy atom. The SMILES string of the molecule is CCCC[C@@H](N)CC. The van der Waals surface area contributed by atoms with Crippen molar-refractivity contribution in [1.82, 2.24) is 0 Å². The van der Waals surface area contributed by atoms with Gasteiger partial charge in [0.2, 0.25) is 0 Å². The van der Waals surface area contributed by atoms with Crippen LogP contribution in [0.1, 0.15) is 39.5 Å². The van der Waals surface area contributed by atoms with Crippen LogP contribution in [-0.2, 0) is 0 Å². The molecule has 0 radical (unpaired) electrons. The van der Waals surface area contributed by atoms with Gasteiger partial charge in [-0.3, -0.25) is 0 Å². The normalized spacial score (nSPS) is 13.9. The van der Waals surface area contributed by atoms with Gasteiger partial charge in [0.25, 0.3) is 0 Å². The second-order valence-electron chi connectivity index (χ2n) is 2.31. The monoisotopic (exact) mass is 115 g/mol. The summed E-state index contributed by atoms with van der Waals surface area (Å²) in [6.45, 7) is 4.34. The lowest BCUT2D eigenvalue weighted by molar-refractivity contribution is 0.562. The maximum atomic E-state index is 5.66. The summed E-state index contributed by atoms with van der Waals surface area (Å²) in [5, 5.41) is 0. The molecule has 0 saturated heterocycles. The highest BCUT2D eigenvalue weighted by molar-refractivity contribution is 4.56. The average molecular weight is 115 g/mol. The van der Waals surface area contributed by atoms with Crippen LogP contribution >= 0.6 is 0 Å². The molecule has 2 N–H and O–H groups in total. The summed E-state index contributed by atoms with van der Waals surface area (Å²) in [6.07, 6.45) is 4.88. The molecule has 0 aromatic heterocycles. The van der Waals surface area contributed by atoms with E-state index in [4.69, 9.17) is 5.73 Å². The molecule has 0 aliphatic heterocycles. The summed E-state index contributed by atoms with van der Waals surface area (Å²) in [4.78, 5) is 0.